The van der Waals surface area contributed by atoms with Gasteiger partial charge >= 0.3 is 0 Å². The quantitative estimate of drug-likeness (QED) is 0.211. The predicted molar refractivity (Wildman–Crippen MR) is 165 cm³/mol. The molecule has 0 saturated carbocycles. The average molecular weight is 652 g/mol. The number of rotatable bonds is 10. The van der Waals surface area contributed by atoms with Crippen LogP contribution in [0, 0.1) is 0 Å². The van der Waals surface area contributed by atoms with Gasteiger partial charge in [0.15, 0.2) is 5.75 Å². The number of amides is 2. The summed E-state index contributed by atoms with van der Waals surface area (Å²) in [6.45, 7) is 3.01. The van der Waals surface area contributed by atoms with Gasteiger partial charge in [-0.15, -0.1) is 0 Å². The molecule has 2 amide bonds. The Balaban J connectivity index is 0.00000119. The first-order chi connectivity index (χ1) is 20.4. The van der Waals surface area contributed by atoms with Crippen LogP contribution in [0.3, 0.4) is 0 Å². The second-order valence-corrected chi connectivity index (χ2v) is 11.9. The molecular weight excluding hydrogens is 619 g/mol. The van der Waals surface area contributed by atoms with Gasteiger partial charge in [-0.25, -0.2) is 8.42 Å². The van der Waals surface area contributed by atoms with E-state index in [2.05, 4.69) is 20.7 Å². The van der Waals surface area contributed by atoms with Crippen molar-refractivity contribution in [2.24, 2.45) is 0 Å². The fourth-order valence-electron chi connectivity index (χ4n) is 3.96. The van der Waals surface area contributed by atoms with Crippen LogP contribution < -0.4 is 25.4 Å². The summed E-state index contributed by atoms with van der Waals surface area (Å²) in [6.07, 6.45) is 1.93. The first-order valence-electron chi connectivity index (χ1n) is 13.3. The van der Waals surface area contributed by atoms with Crippen molar-refractivity contribution < 1.29 is 32.6 Å². The second kappa shape index (κ2) is 16.1. The molecule has 43 heavy (non-hydrogen) atoms. The number of halogens is 2. The van der Waals surface area contributed by atoms with Crippen LogP contribution in [-0.2, 0) is 19.6 Å². The Kier molecular flexibility index (Phi) is 12.6. The fourth-order valence-corrected chi connectivity index (χ4v) is 5.48. The summed E-state index contributed by atoms with van der Waals surface area (Å²) in [4.78, 5) is 33.6. The molecule has 0 aliphatic carbocycles. The van der Waals surface area contributed by atoms with E-state index in [1.807, 2.05) is 0 Å². The lowest BCUT2D eigenvalue weighted by atomic mass is 10.1. The summed E-state index contributed by atoms with van der Waals surface area (Å²) >= 11 is 12.1. The molecule has 230 valence electrons. The minimum absolute atomic E-state index is 0.0419. The third-order valence-electron chi connectivity index (χ3n) is 6.01. The predicted octanol–water partition coefficient (Wildman–Crippen LogP) is 4.67. The SMILES string of the molecule is CC(=O)O.O=C(CCNC(=O)c1ccc(S(=O)(=O)Nc2ccccc2Oc2ccc(Cl)cc2Cl)cc1)NC1CCNCC1. The molecule has 1 saturated heterocycles. The Morgan fingerprint density at radius 1 is 0.977 bits per heavy atom. The van der Waals surface area contributed by atoms with Crippen molar-refractivity contribution in [3.63, 3.8) is 0 Å². The number of carbonyl (C=O) groups is 3. The number of anilines is 1. The number of ether oxygens (including phenoxy) is 1. The third-order valence-corrected chi connectivity index (χ3v) is 7.93. The van der Waals surface area contributed by atoms with Crippen molar-refractivity contribution in [3.8, 4) is 11.5 Å². The standard InChI is InChI=1S/C27H28Cl2N4O5S.C2H4O2/c28-19-7-10-24(22(29)17-19)38-25-4-2-1-3-23(25)33-39(36,37)21-8-5-18(6-9-21)27(35)31-16-13-26(34)32-20-11-14-30-15-12-20;1-2(3)4/h1-10,17,20,30,33H,11-16H2,(H,31,35)(H,32,34);1H3,(H,3,4). The molecule has 1 heterocycles. The highest BCUT2D eigenvalue weighted by Crippen LogP contribution is 2.35. The molecule has 0 aromatic heterocycles. The molecule has 1 aliphatic heterocycles. The summed E-state index contributed by atoms with van der Waals surface area (Å²) in [6, 6.07) is 16.9. The van der Waals surface area contributed by atoms with Gasteiger partial charge in [-0.1, -0.05) is 35.3 Å². The molecule has 5 N–H and O–H groups in total. The number of piperidine rings is 1. The molecule has 0 atom stereocenters. The monoisotopic (exact) mass is 650 g/mol. The Hall–Kier alpha value is -3.84. The molecule has 4 rings (SSSR count). The fraction of sp³-hybridized carbons (Fsp3) is 0.276. The number of para-hydroxylation sites is 2. The van der Waals surface area contributed by atoms with Crippen molar-refractivity contribution in [2.45, 2.75) is 37.1 Å². The van der Waals surface area contributed by atoms with Crippen molar-refractivity contribution in [2.75, 3.05) is 24.4 Å². The lowest BCUT2D eigenvalue weighted by molar-refractivity contribution is -0.134. The van der Waals surface area contributed by atoms with Crippen LogP contribution in [0.4, 0.5) is 5.69 Å². The number of carboxylic acid groups (broad SMARTS) is 1. The van der Waals surface area contributed by atoms with E-state index in [1.54, 1.807) is 36.4 Å². The van der Waals surface area contributed by atoms with Crippen LogP contribution in [-0.4, -0.2) is 57.0 Å². The number of nitrogens with one attached hydrogen (secondary N) is 4. The third kappa shape index (κ3) is 11.1. The van der Waals surface area contributed by atoms with Gasteiger partial charge in [0.25, 0.3) is 21.9 Å². The summed E-state index contributed by atoms with van der Waals surface area (Å²) in [5, 5.41) is 17.0. The number of sulfonamides is 1. The number of aliphatic carboxylic acids is 1. The summed E-state index contributed by atoms with van der Waals surface area (Å²) in [5.74, 6) is -0.796. The minimum Gasteiger partial charge on any atom is -0.481 e. The van der Waals surface area contributed by atoms with Crippen molar-refractivity contribution >= 4 is 56.7 Å². The van der Waals surface area contributed by atoms with Gasteiger partial charge in [0, 0.05) is 36.5 Å². The van der Waals surface area contributed by atoms with Crippen LogP contribution >= 0.6 is 23.2 Å². The molecular formula is C29H32Cl2N4O7S. The molecule has 0 radical (unpaired) electrons. The van der Waals surface area contributed by atoms with Crippen LogP contribution in [0.2, 0.25) is 10.0 Å². The zero-order valence-corrected chi connectivity index (χ0v) is 25.6. The number of benzene rings is 3. The van der Waals surface area contributed by atoms with Crippen LogP contribution in [0.1, 0.15) is 36.5 Å². The van der Waals surface area contributed by atoms with E-state index in [0.717, 1.165) is 32.9 Å². The number of carbonyl (C=O) groups excluding carboxylic acids is 2. The Bertz CT molecular complexity index is 1530. The van der Waals surface area contributed by atoms with Gasteiger partial charge in [-0.2, -0.15) is 0 Å². The molecule has 0 bridgehead atoms. The van der Waals surface area contributed by atoms with E-state index >= 15 is 0 Å². The van der Waals surface area contributed by atoms with Gasteiger partial charge in [-0.3, -0.25) is 19.1 Å². The van der Waals surface area contributed by atoms with E-state index in [1.165, 1.54) is 30.3 Å². The smallest absolute Gasteiger partial charge is 0.300 e. The van der Waals surface area contributed by atoms with E-state index in [4.69, 9.17) is 37.8 Å². The molecule has 3 aromatic carbocycles. The second-order valence-electron chi connectivity index (χ2n) is 9.42. The summed E-state index contributed by atoms with van der Waals surface area (Å²) in [7, 11) is -4.00. The topological polar surface area (TPSA) is 163 Å². The van der Waals surface area contributed by atoms with Crippen LogP contribution in [0.5, 0.6) is 11.5 Å². The lowest BCUT2D eigenvalue weighted by Gasteiger charge is -2.23. The van der Waals surface area contributed by atoms with E-state index in [-0.39, 0.29) is 51.8 Å². The van der Waals surface area contributed by atoms with Gasteiger partial charge in [0.05, 0.1) is 15.6 Å². The zero-order chi connectivity index (χ0) is 31.4. The van der Waals surface area contributed by atoms with Gasteiger partial charge in [-0.05, 0) is 80.5 Å². The number of hydrogen-bond acceptors (Lipinski definition) is 7. The molecule has 0 unspecified atom stereocenters. The average Bonchev–Trinajstić information content (AvgIpc) is 2.95. The molecule has 11 nitrogen and oxygen atoms in total. The lowest BCUT2D eigenvalue weighted by Crippen LogP contribution is -2.43. The molecule has 1 aliphatic rings. The Morgan fingerprint density at radius 3 is 2.28 bits per heavy atom. The van der Waals surface area contributed by atoms with Crippen LogP contribution in [0.25, 0.3) is 0 Å². The number of carboxylic acids is 1. The summed E-state index contributed by atoms with van der Waals surface area (Å²) in [5.41, 5.74) is 0.474. The van der Waals surface area contributed by atoms with Gasteiger partial charge in [0.2, 0.25) is 5.91 Å². The normalized spacial score (nSPS) is 13.2. The van der Waals surface area contributed by atoms with E-state index in [9.17, 15) is 18.0 Å². The first kappa shape index (κ1) is 33.7. The Morgan fingerprint density at radius 2 is 1.63 bits per heavy atom. The Labute approximate surface area is 260 Å². The first-order valence-corrected chi connectivity index (χ1v) is 15.5. The number of hydrogen-bond donors (Lipinski definition) is 5. The van der Waals surface area contributed by atoms with Gasteiger partial charge in [0.1, 0.15) is 5.75 Å². The largest absolute Gasteiger partial charge is 0.481 e. The molecule has 1 fully saturated rings. The minimum atomic E-state index is -4.00. The maximum atomic E-state index is 13.1. The highest BCUT2D eigenvalue weighted by Gasteiger charge is 2.19. The van der Waals surface area contributed by atoms with Crippen molar-refractivity contribution in [1.29, 1.82) is 0 Å². The molecule has 14 heteroatoms. The zero-order valence-electron chi connectivity index (χ0n) is 23.2. The van der Waals surface area contributed by atoms with Gasteiger partial charge < -0.3 is 25.8 Å². The molecule has 3 aromatic rings. The van der Waals surface area contributed by atoms with Crippen molar-refractivity contribution in [1.82, 2.24) is 16.0 Å². The molecule has 0 spiro atoms. The van der Waals surface area contributed by atoms with Crippen molar-refractivity contribution in [3.05, 3.63) is 82.3 Å². The van der Waals surface area contributed by atoms with E-state index < -0.39 is 21.9 Å². The van der Waals surface area contributed by atoms with Crippen LogP contribution in [0.15, 0.2) is 71.6 Å². The highest BCUT2D eigenvalue weighted by atomic mass is 35.5. The highest BCUT2D eigenvalue weighted by molar-refractivity contribution is 7.92. The maximum Gasteiger partial charge on any atom is 0.300 e. The summed E-state index contributed by atoms with van der Waals surface area (Å²) < 4.78 is 34.4. The van der Waals surface area contributed by atoms with E-state index in [0.29, 0.717) is 10.8 Å². The maximum absolute atomic E-state index is 13.1.